The Morgan fingerprint density at radius 2 is 1.92 bits per heavy atom. The number of rotatable bonds is 4. The Labute approximate surface area is 146 Å². The van der Waals surface area contributed by atoms with E-state index in [1.807, 2.05) is 18.2 Å². The van der Waals surface area contributed by atoms with Crippen LogP contribution < -0.4 is 20.5 Å². The van der Waals surface area contributed by atoms with Gasteiger partial charge in [0.25, 0.3) is 0 Å². The zero-order chi connectivity index (χ0) is 17.4. The van der Waals surface area contributed by atoms with Gasteiger partial charge in [0.2, 0.25) is 5.91 Å². The Bertz CT molecular complexity index is 689. The first-order valence-corrected chi connectivity index (χ1v) is 8.86. The number of hydrogen-bond acceptors (Lipinski definition) is 4. The van der Waals surface area contributed by atoms with E-state index in [-0.39, 0.29) is 23.9 Å². The molecular weight excluding hydrogens is 322 g/mol. The Morgan fingerprint density at radius 3 is 2.60 bits per heavy atom. The van der Waals surface area contributed by atoms with Gasteiger partial charge in [-0.1, -0.05) is 6.07 Å². The van der Waals surface area contributed by atoms with Crippen LogP contribution in [0.2, 0.25) is 0 Å². The number of primary amides is 1. The number of benzene rings is 1. The molecule has 3 amide bonds. The fourth-order valence-corrected chi connectivity index (χ4v) is 3.56. The number of fused-ring (bicyclic) bond motifs is 1. The second-order valence-corrected chi connectivity index (χ2v) is 7.00. The van der Waals surface area contributed by atoms with Crippen molar-refractivity contribution in [2.24, 2.45) is 17.6 Å². The predicted molar refractivity (Wildman–Crippen MR) is 90.3 cm³/mol. The van der Waals surface area contributed by atoms with E-state index < -0.39 is 0 Å². The maximum absolute atomic E-state index is 12.6. The predicted octanol–water partition coefficient (Wildman–Crippen LogP) is 1.43. The largest absolute Gasteiger partial charge is 0.486 e. The molecule has 3 N–H and O–H groups in total. The summed E-state index contributed by atoms with van der Waals surface area (Å²) >= 11 is 0. The molecule has 4 rings (SSSR count). The summed E-state index contributed by atoms with van der Waals surface area (Å²) in [6.07, 6.45) is 2.84. The number of carbonyl (C=O) groups excluding carboxylic acids is 2. The van der Waals surface area contributed by atoms with E-state index in [0.717, 1.165) is 29.9 Å². The van der Waals surface area contributed by atoms with E-state index in [4.69, 9.17) is 15.2 Å². The molecule has 25 heavy (non-hydrogen) atoms. The highest BCUT2D eigenvalue weighted by molar-refractivity contribution is 5.80. The Kier molecular flexibility index (Phi) is 4.15. The molecule has 7 nitrogen and oxygen atoms in total. The van der Waals surface area contributed by atoms with Crippen LogP contribution in [0, 0.1) is 11.8 Å². The van der Waals surface area contributed by atoms with Crippen LogP contribution in [0.5, 0.6) is 11.5 Å². The van der Waals surface area contributed by atoms with Crippen LogP contribution >= 0.6 is 0 Å². The van der Waals surface area contributed by atoms with E-state index in [0.29, 0.717) is 38.6 Å². The first-order valence-electron chi connectivity index (χ1n) is 8.86. The molecule has 1 saturated carbocycles. The third-order valence-electron chi connectivity index (χ3n) is 5.18. The topological polar surface area (TPSA) is 93.9 Å². The van der Waals surface area contributed by atoms with E-state index in [1.165, 1.54) is 0 Å². The lowest BCUT2D eigenvalue weighted by Gasteiger charge is -2.25. The maximum Gasteiger partial charge on any atom is 0.317 e. The zero-order valence-corrected chi connectivity index (χ0v) is 14.1. The number of nitrogens with zero attached hydrogens (tertiary/aromatic N) is 1. The lowest BCUT2D eigenvalue weighted by Crippen LogP contribution is -2.41. The summed E-state index contributed by atoms with van der Waals surface area (Å²) in [5.74, 6) is 1.36. The molecule has 1 saturated heterocycles. The third kappa shape index (κ3) is 3.36. The van der Waals surface area contributed by atoms with Crippen LogP contribution in [0.4, 0.5) is 4.79 Å². The van der Waals surface area contributed by atoms with Crippen molar-refractivity contribution in [1.29, 1.82) is 0 Å². The van der Waals surface area contributed by atoms with Crippen molar-refractivity contribution in [3.63, 3.8) is 0 Å². The molecule has 2 aliphatic heterocycles. The van der Waals surface area contributed by atoms with Crippen LogP contribution in [0.15, 0.2) is 18.2 Å². The Morgan fingerprint density at radius 1 is 1.16 bits per heavy atom. The monoisotopic (exact) mass is 345 g/mol. The van der Waals surface area contributed by atoms with Crippen LogP contribution in [-0.2, 0) is 4.79 Å². The zero-order valence-electron chi connectivity index (χ0n) is 14.1. The summed E-state index contributed by atoms with van der Waals surface area (Å²) in [5.41, 5.74) is 6.39. The summed E-state index contributed by atoms with van der Waals surface area (Å²) in [4.78, 5) is 25.6. The molecule has 2 atom stereocenters. The molecule has 0 spiro atoms. The van der Waals surface area contributed by atoms with Crippen molar-refractivity contribution < 1.29 is 19.1 Å². The van der Waals surface area contributed by atoms with Gasteiger partial charge < -0.3 is 25.4 Å². The number of ether oxygens (including phenoxy) is 2. The average molecular weight is 345 g/mol. The van der Waals surface area contributed by atoms with Gasteiger partial charge >= 0.3 is 6.03 Å². The van der Waals surface area contributed by atoms with Gasteiger partial charge in [0, 0.05) is 13.1 Å². The summed E-state index contributed by atoms with van der Waals surface area (Å²) in [6.45, 7) is 2.07. The van der Waals surface area contributed by atoms with Crippen LogP contribution in [0.25, 0.3) is 0 Å². The highest BCUT2D eigenvalue weighted by atomic mass is 16.6. The molecule has 1 aromatic carbocycles. The maximum atomic E-state index is 12.6. The molecular formula is C18H23N3O4. The molecule has 2 fully saturated rings. The van der Waals surface area contributed by atoms with Gasteiger partial charge in [-0.15, -0.1) is 0 Å². The quantitative estimate of drug-likeness (QED) is 0.863. The number of likely N-dealkylation sites (tertiary alicyclic amines) is 1. The highest BCUT2D eigenvalue weighted by Gasteiger charge is 2.36. The molecule has 0 aromatic heterocycles. The minimum Gasteiger partial charge on any atom is -0.486 e. The van der Waals surface area contributed by atoms with E-state index in [9.17, 15) is 9.59 Å². The van der Waals surface area contributed by atoms with Gasteiger partial charge in [-0.3, -0.25) is 4.79 Å². The number of carbonyl (C=O) groups is 2. The number of nitrogens with two attached hydrogens (primary N) is 1. The molecule has 1 aromatic rings. The molecule has 1 aliphatic carbocycles. The van der Waals surface area contributed by atoms with Gasteiger partial charge in [0.1, 0.15) is 13.2 Å². The lowest BCUT2D eigenvalue weighted by molar-refractivity contribution is -0.121. The number of urea groups is 1. The van der Waals surface area contributed by atoms with Crippen molar-refractivity contribution in [3.8, 4) is 11.5 Å². The smallest absolute Gasteiger partial charge is 0.317 e. The Hall–Kier alpha value is -2.44. The second kappa shape index (κ2) is 6.46. The SMILES string of the molecule is NC(=O)[C@H]1CCN(C(=O)N[C@H](c2ccc3c(c2)OCCO3)C2CC2)C1. The van der Waals surface area contributed by atoms with Gasteiger partial charge in [0.15, 0.2) is 11.5 Å². The summed E-state index contributed by atoms with van der Waals surface area (Å²) in [7, 11) is 0. The highest BCUT2D eigenvalue weighted by Crippen LogP contribution is 2.43. The van der Waals surface area contributed by atoms with E-state index in [1.54, 1.807) is 4.90 Å². The van der Waals surface area contributed by atoms with Gasteiger partial charge in [-0.25, -0.2) is 4.79 Å². The second-order valence-electron chi connectivity index (χ2n) is 7.00. The molecule has 0 radical (unpaired) electrons. The lowest BCUT2D eigenvalue weighted by atomic mass is 10.0. The number of nitrogens with one attached hydrogen (secondary N) is 1. The van der Waals surface area contributed by atoms with Crippen LogP contribution in [0.3, 0.4) is 0 Å². The van der Waals surface area contributed by atoms with Crippen molar-refractivity contribution >= 4 is 11.9 Å². The summed E-state index contributed by atoms with van der Waals surface area (Å²) in [5, 5.41) is 3.14. The van der Waals surface area contributed by atoms with Crippen molar-refractivity contribution in [3.05, 3.63) is 23.8 Å². The summed E-state index contributed by atoms with van der Waals surface area (Å²) in [6, 6.07) is 5.69. The van der Waals surface area contributed by atoms with E-state index in [2.05, 4.69) is 5.32 Å². The van der Waals surface area contributed by atoms with Gasteiger partial charge in [-0.2, -0.15) is 0 Å². The minimum absolute atomic E-state index is 0.0454. The first-order chi connectivity index (χ1) is 12.1. The number of amides is 3. The molecule has 7 heteroatoms. The first kappa shape index (κ1) is 16.1. The third-order valence-corrected chi connectivity index (χ3v) is 5.18. The summed E-state index contributed by atoms with van der Waals surface area (Å²) < 4.78 is 11.2. The van der Waals surface area contributed by atoms with Crippen molar-refractivity contribution in [2.45, 2.75) is 25.3 Å². The molecule has 0 bridgehead atoms. The van der Waals surface area contributed by atoms with Crippen molar-refractivity contribution in [1.82, 2.24) is 10.2 Å². The van der Waals surface area contributed by atoms with Crippen LogP contribution in [-0.4, -0.2) is 43.1 Å². The molecule has 0 unspecified atom stereocenters. The molecule has 2 heterocycles. The fraction of sp³-hybridized carbons (Fsp3) is 0.556. The Balaban J connectivity index is 1.47. The van der Waals surface area contributed by atoms with Crippen LogP contribution in [0.1, 0.15) is 30.9 Å². The number of hydrogen-bond donors (Lipinski definition) is 2. The average Bonchev–Trinajstić information content (AvgIpc) is 3.33. The normalized spacial score (nSPS) is 23.2. The molecule has 3 aliphatic rings. The van der Waals surface area contributed by atoms with E-state index >= 15 is 0 Å². The molecule has 134 valence electrons. The minimum atomic E-state index is -0.333. The van der Waals surface area contributed by atoms with Gasteiger partial charge in [-0.05, 0) is 42.9 Å². The fourth-order valence-electron chi connectivity index (χ4n) is 3.56. The van der Waals surface area contributed by atoms with Gasteiger partial charge in [0.05, 0.1) is 12.0 Å². The van der Waals surface area contributed by atoms with Crippen molar-refractivity contribution in [2.75, 3.05) is 26.3 Å². The standard InChI is InChI=1S/C18H23N3O4/c19-17(22)13-5-6-21(10-13)18(23)20-16(11-1-2-11)12-3-4-14-15(9-12)25-8-7-24-14/h3-4,9,11,13,16H,1-2,5-8,10H2,(H2,19,22)(H,20,23)/t13-,16-/m0/s1.